The number of carbonyl (C=O) groups excluding carboxylic acids is 3. The van der Waals surface area contributed by atoms with Gasteiger partial charge >= 0.3 is 0 Å². The SMILES string of the molecule is COCc1cn([C@H](C(=O)N2CC(C(=O)N[C@H](Cc3ccc(-c4ccccc4)cc3)C(N)=O)[C@@H](O)C2)C(C)(C)C)nn1. The van der Waals surface area contributed by atoms with Gasteiger partial charge in [0.15, 0.2) is 0 Å². The summed E-state index contributed by atoms with van der Waals surface area (Å²) in [6.45, 7) is 5.96. The van der Waals surface area contributed by atoms with Gasteiger partial charge in [0.25, 0.3) is 0 Å². The Morgan fingerprint density at radius 3 is 2.34 bits per heavy atom. The van der Waals surface area contributed by atoms with Crippen molar-refractivity contribution in [1.82, 2.24) is 25.2 Å². The minimum absolute atomic E-state index is 0.00467. The van der Waals surface area contributed by atoms with Gasteiger partial charge in [0.1, 0.15) is 17.8 Å². The average molecular weight is 563 g/mol. The van der Waals surface area contributed by atoms with E-state index in [1.165, 1.54) is 9.58 Å². The molecule has 11 heteroatoms. The number of nitrogens with zero attached hydrogens (tertiary/aromatic N) is 4. The van der Waals surface area contributed by atoms with E-state index >= 15 is 0 Å². The first-order valence-corrected chi connectivity index (χ1v) is 13.6. The lowest BCUT2D eigenvalue weighted by atomic mass is 9.86. The van der Waals surface area contributed by atoms with Crippen LogP contribution >= 0.6 is 0 Å². The molecule has 3 amide bonds. The number of hydrogen-bond acceptors (Lipinski definition) is 7. The van der Waals surface area contributed by atoms with Crippen LogP contribution in [-0.2, 0) is 32.1 Å². The number of hydrogen-bond donors (Lipinski definition) is 3. The lowest BCUT2D eigenvalue weighted by molar-refractivity contribution is -0.138. The molecule has 11 nitrogen and oxygen atoms in total. The Morgan fingerprint density at radius 2 is 1.73 bits per heavy atom. The number of amides is 3. The highest BCUT2D eigenvalue weighted by Gasteiger charge is 2.44. The zero-order valence-electron chi connectivity index (χ0n) is 23.9. The number of nitrogens with two attached hydrogens (primary N) is 1. The van der Waals surface area contributed by atoms with E-state index in [0.717, 1.165) is 16.7 Å². The van der Waals surface area contributed by atoms with Gasteiger partial charge in [-0.3, -0.25) is 14.4 Å². The molecule has 0 aliphatic carbocycles. The average Bonchev–Trinajstić information content (AvgIpc) is 3.55. The summed E-state index contributed by atoms with van der Waals surface area (Å²) in [7, 11) is 1.55. The number of β-amino-alcohol motifs (C(OH)–C–C–N with tert-alkyl or cyclic N) is 1. The summed E-state index contributed by atoms with van der Waals surface area (Å²) in [6.07, 6.45) is 0.764. The maximum atomic E-state index is 13.7. The molecule has 1 fully saturated rings. The molecule has 0 spiro atoms. The molecule has 4 rings (SSSR count). The summed E-state index contributed by atoms with van der Waals surface area (Å²) in [5, 5.41) is 21.7. The van der Waals surface area contributed by atoms with Gasteiger partial charge < -0.3 is 25.8 Å². The predicted molar refractivity (Wildman–Crippen MR) is 152 cm³/mol. The van der Waals surface area contributed by atoms with E-state index in [2.05, 4.69) is 15.6 Å². The number of ether oxygens (including phenoxy) is 1. The van der Waals surface area contributed by atoms with Crippen LogP contribution in [-0.4, -0.2) is 75.1 Å². The summed E-state index contributed by atoms with van der Waals surface area (Å²) < 4.78 is 6.61. The Morgan fingerprint density at radius 1 is 1.07 bits per heavy atom. The van der Waals surface area contributed by atoms with Crippen molar-refractivity contribution in [1.29, 1.82) is 0 Å². The Kier molecular flexibility index (Phi) is 9.19. The van der Waals surface area contributed by atoms with Gasteiger partial charge in [-0.05, 0) is 22.1 Å². The lowest BCUT2D eigenvalue weighted by Crippen LogP contribution is -2.49. The third kappa shape index (κ3) is 7.17. The first-order valence-electron chi connectivity index (χ1n) is 13.6. The molecular formula is C30H38N6O5. The number of methoxy groups -OCH3 is 1. The van der Waals surface area contributed by atoms with E-state index in [-0.39, 0.29) is 32.0 Å². The molecule has 1 aliphatic rings. The number of carbonyl (C=O) groups is 3. The Balaban J connectivity index is 1.42. The molecule has 1 aliphatic heterocycles. The maximum absolute atomic E-state index is 13.7. The van der Waals surface area contributed by atoms with Crippen molar-refractivity contribution in [2.24, 2.45) is 17.1 Å². The van der Waals surface area contributed by atoms with E-state index in [0.29, 0.717) is 5.69 Å². The lowest BCUT2D eigenvalue weighted by Gasteiger charge is -2.32. The zero-order valence-corrected chi connectivity index (χ0v) is 23.9. The van der Waals surface area contributed by atoms with E-state index in [1.807, 2.05) is 75.4 Å². The number of primary amides is 1. The quantitative estimate of drug-likeness (QED) is 0.340. The molecule has 1 unspecified atom stereocenters. The highest BCUT2D eigenvalue weighted by molar-refractivity contribution is 5.89. The summed E-state index contributed by atoms with van der Waals surface area (Å²) >= 11 is 0. The van der Waals surface area contributed by atoms with Crippen molar-refractivity contribution in [3.8, 4) is 11.1 Å². The van der Waals surface area contributed by atoms with Gasteiger partial charge in [-0.25, -0.2) is 4.68 Å². The fraction of sp³-hybridized carbons (Fsp3) is 0.433. The number of benzene rings is 2. The molecule has 4 atom stereocenters. The van der Waals surface area contributed by atoms with Gasteiger partial charge in [0.05, 0.1) is 24.8 Å². The van der Waals surface area contributed by atoms with Gasteiger partial charge in [-0.2, -0.15) is 0 Å². The van der Waals surface area contributed by atoms with E-state index in [9.17, 15) is 19.5 Å². The van der Waals surface area contributed by atoms with Crippen molar-refractivity contribution in [2.75, 3.05) is 20.2 Å². The molecule has 218 valence electrons. The molecule has 3 aromatic rings. The summed E-state index contributed by atoms with van der Waals surface area (Å²) in [4.78, 5) is 40.6. The van der Waals surface area contributed by atoms with Crippen LogP contribution in [0, 0.1) is 11.3 Å². The molecule has 2 heterocycles. The molecule has 0 radical (unpaired) electrons. The van der Waals surface area contributed by atoms with Gasteiger partial charge in [-0.15, -0.1) is 5.10 Å². The largest absolute Gasteiger partial charge is 0.390 e. The molecule has 0 bridgehead atoms. The summed E-state index contributed by atoms with van der Waals surface area (Å²) in [5.41, 5.74) is 8.61. The molecule has 1 aromatic heterocycles. The van der Waals surface area contributed by atoms with E-state index in [4.69, 9.17) is 10.5 Å². The van der Waals surface area contributed by atoms with Crippen molar-refractivity contribution in [3.05, 3.63) is 72.1 Å². The molecule has 41 heavy (non-hydrogen) atoms. The van der Waals surface area contributed by atoms with Crippen molar-refractivity contribution in [3.63, 3.8) is 0 Å². The van der Waals surface area contributed by atoms with Crippen molar-refractivity contribution in [2.45, 2.75) is 52.0 Å². The summed E-state index contributed by atoms with van der Waals surface area (Å²) in [5.74, 6) is -2.42. The second-order valence-electron chi connectivity index (χ2n) is 11.5. The van der Waals surface area contributed by atoms with Gasteiger partial charge in [-0.1, -0.05) is 80.6 Å². The van der Waals surface area contributed by atoms with Crippen LogP contribution in [0.3, 0.4) is 0 Å². The minimum Gasteiger partial charge on any atom is -0.390 e. The first-order chi connectivity index (χ1) is 19.5. The standard InChI is InChI=1S/C30H38N6O5/c1-30(2,3)26(36-15-22(18-41-4)33-34-36)29(40)35-16-23(25(37)17-35)28(39)32-24(27(31)38)14-19-10-12-21(13-11-19)20-8-6-5-7-9-20/h5-13,15,23-26,37H,14,16-18H2,1-4H3,(H2,31,38)(H,32,39)/t23?,24-,25+,26-/m1/s1. The van der Waals surface area contributed by atoms with Crippen LogP contribution in [0.25, 0.3) is 11.1 Å². The Hall–Kier alpha value is -4.09. The van der Waals surface area contributed by atoms with Crippen LogP contribution in [0.15, 0.2) is 60.8 Å². The van der Waals surface area contributed by atoms with E-state index in [1.54, 1.807) is 13.3 Å². The van der Waals surface area contributed by atoms with Gasteiger partial charge in [0, 0.05) is 26.6 Å². The fourth-order valence-electron chi connectivity index (χ4n) is 5.13. The Bertz CT molecular complexity index is 1350. The number of aliphatic hydroxyl groups excluding tert-OH is 1. The highest BCUT2D eigenvalue weighted by Crippen LogP contribution is 2.33. The fourth-order valence-corrected chi connectivity index (χ4v) is 5.13. The monoisotopic (exact) mass is 562 g/mol. The smallest absolute Gasteiger partial charge is 0.248 e. The number of aromatic nitrogens is 3. The van der Waals surface area contributed by atoms with Crippen molar-refractivity contribution >= 4 is 17.7 Å². The molecule has 4 N–H and O–H groups in total. The second-order valence-corrected chi connectivity index (χ2v) is 11.5. The maximum Gasteiger partial charge on any atom is 0.248 e. The Labute approximate surface area is 239 Å². The third-order valence-electron chi connectivity index (χ3n) is 7.27. The molecule has 2 aromatic carbocycles. The van der Waals surface area contributed by atoms with Crippen LogP contribution in [0.2, 0.25) is 0 Å². The van der Waals surface area contributed by atoms with Crippen LogP contribution < -0.4 is 11.1 Å². The van der Waals surface area contributed by atoms with Gasteiger partial charge in [0.2, 0.25) is 17.7 Å². The molecule has 0 saturated carbocycles. The van der Waals surface area contributed by atoms with Crippen molar-refractivity contribution < 1.29 is 24.2 Å². The zero-order chi connectivity index (χ0) is 29.7. The molecular weight excluding hydrogens is 524 g/mol. The van der Waals surface area contributed by atoms with Crippen LogP contribution in [0.5, 0.6) is 0 Å². The number of aliphatic hydroxyl groups is 1. The minimum atomic E-state index is -1.10. The summed E-state index contributed by atoms with van der Waals surface area (Å²) in [6, 6.07) is 15.9. The first kappa shape index (κ1) is 29.9. The second kappa shape index (κ2) is 12.6. The number of nitrogens with one attached hydrogen (secondary N) is 1. The number of rotatable bonds is 10. The van der Waals surface area contributed by atoms with E-state index < -0.39 is 41.3 Å². The number of likely N-dealkylation sites (tertiary alicyclic amines) is 1. The normalized spacial score (nSPS) is 18.6. The third-order valence-corrected chi connectivity index (χ3v) is 7.27. The van der Waals surface area contributed by atoms with Crippen LogP contribution in [0.4, 0.5) is 0 Å². The topological polar surface area (TPSA) is 153 Å². The highest BCUT2D eigenvalue weighted by atomic mass is 16.5. The van der Waals surface area contributed by atoms with Crippen LogP contribution in [0.1, 0.15) is 38.1 Å². The predicted octanol–water partition coefficient (Wildman–Crippen LogP) is 1.71. The molecule has 1 saturated heterocycles.